The Labute approximate surface area is 192 Å². The molecule has 2 aliphatic rings. The van der Waals surface area contributed by atoms with Gasteiger partial charge < -0.3 is 4.90 Å². The van der Waals surface area contributed by atoms with Crippen LogP contribution in [-0.2, 0) is 0 Å². The summed E-state index contributed by atoms with van der Waals surface area (Å²) in [5.74, 6) is 0.163. The number of ketones is 1. The Morgan fingerprint density at radius 1 is 0.594 bits per heavy atom. The minimum Gasteiger partial charge on any atom is -0.345 e. The number of anilines is 2. The van der Waals surface area contributed by atoms with Gasteiger partial charge in [0.2, 0.25) is 0 Å². The first kappa shape index (κ1) is 19.5. The lowest BCUT2D eigenvalue weighted by Gasteiger charge is -2.33. The Morgan fingerprint density at radius 2 is 1.16 bits per heavy atom. The van der Waals surface area contributed by atoms with Gasteiger partial charge in [0.15, 0.2) is 5.78 Å². The minimum absolute atomic E-state index is 0.163. The van der Waals surface area contributed by atoms with E-state index in [1.165, 1.54) is 37.7 Å². The van der Waals surface area contributed by atoms with Crippen LogP contribution in [0.5, 0.6) is 0 Å². The van der Waals surface area contributed by atoms with Gasteiger partial charge in [-0.25, -0.2) is 0 Å². The fraction of sp³-hybridized carbons (Fsp3) is 0.107. The van der Waals surface area contributed by atoms with Crippen molar-refractivity contribution < 1.29 is 4.79 Å². The van der Waals surface area contributed by atoms with E-state index in [-0.39, 0.29) is 5.78 Å². The molecule has 0 saturated heterocycles. The first-order valence-electron chi connectivity index (χ1n) is 11.0. The quantitative estimate of drug-likeness (QED) is 0.418. The summed E-state index contributed by atoms with van der Waals surface area (Å²) in [6, 6.07) is 30.2. The van der Waals surface area contributed by atoms with Gasteiger partial charge >= 0.3 is 0 Å². The number of carbonyl (C=O) groups excluding carboxylic acids is 1. The minimum atomic E-state index is -0.925. The molecule has 6 rings (SSSR count). The first-order valence-corrected chi connectivity index (χ1v) is 15.0. The van der Waals surface area contributed by atoms with E-state index in [0.29, 0.717) is 0 Å². The normalized spacial score (nSPS) is 15.1. The van der Waals surface area contributed by atoms with Gasteiger partial charge in [0, 0.05) is 29.5 Å². The smallest absolute Gasteiger partial charge is 0.192 e. The summed E-state index contributed by atoms with van der Waals surface area (Å²) in [6.07, 6.45) is 0. The van der Waals surface area contributed by atoms with Gasteiger partial charge in [-0.2, -0.15) is 0 Å². The maximum atomic E-state index is 13.3. The largest absolute Gasteiger partial charge is 0.345 e. The third-order valence-electron chi connectivity index (χ3n) is 7.01. The third kappa shape index (κ3) is 2.73. The highest BCUT2D eigenvalue weighted by Crippen LogP contribution is 2.31. The average molecular weight is 446 g/mol. The molecule has 154 valence electrons. The summed E-state index contributed by atoms with van der Waals surface area (Å²) < 4.78 is 0. The fourth-order valence-electron chi connectivity index (χ4n) is 5.20. The van der Waals surface area contributed by atoms with Crippen LogP contribution in [0.2, 0.25) is 13.1 Å². The monoisotopic (exact) mass is 445 g/mol. The Kier molecular flexibility index (Phi) is 4.35. The number of nitrogens with zero attached hydrogens (tertiary/aromatic N) is 1. The van der Waals surface area contributed by atoms with Crippen molar-refractivity contribution in [2.45, 2.75) is 13.1 Å². The van der Waals surface area contributed by atoms with Gasteiger partial charge in [0.1, 0.15) is 17.6 Å². The zero-order valence-electron chi connectivity index (χ0n) is 18.4. The van der Waals surface area contributed by atoms with Gasteiger partial charge in [-0.3, -0.25) is 4.79 Å². The van der Waals surface area contributed by atoms with E-state index in [1.807, 2.05) is 18.2 Å². The molecule has 2 aliphatic heterocycles. The van der Waals surface area contributed by atoms with E-state index in [1.54, 1.807) is 0 Å². The molecule has 2 radical (unpaired) electrons. The fourth-order valence-corrected chi connectivity index (χ4v) is 9.59. The number of hydrogen-bond acceptors (Lipinski definition) is 2. The molecule has 0 aromatic heterocycles. The van der Waals surface area contributed by atoms with Crippen LogP contribution in [0.1, 0.15) is 15.9 Å². The summed E-state index contributed by atoms with van der Waals surface area (Å²) in [5, 5.41) is 5.37. The Hall–Kier alpha value is -3.22. The van der Waals surface area contributed by atoms with Crippen molar-refractivity contribution in [3.8, 4) is 11.1 Å². The van der Waals surface area contributed by atoms with Gasteiger partial charge in [0.25, 0.3) is 0 Å². The van der Waals surface area contributed by atoms with Crippen LogP contribution in [0, 0.1) is 0 Å². The number of benzene rings is 4. The molecule has 2 nitrogen and oxygen atoms in total. The molecule has 0 fully saturated rings. The van der Waals surface area contributed by atoms with Crippen LogP contribution in [0.15, 0.2) is 84.9 Å². The van der Waals surface area contributed by atoms with E-state index in [0.717, 1.165) is 16.7 Å². The zero-order chi connectivity index (χ0) is 22.0. The van der Waals surface area contributed by atoms with Crippen molar-refractivity contribution in [2.24, 2.45) is 0 Å². The predicted molar refractivity (Wildman–Crippen MR) is 138 cm³/mol. The lowest BCUT2D eigenvalue weighted by molar-refractivity contribution is 0.104. The van der Waals surface area contributed by atoms with Crippen LogP contribution in [-0.4, -0.2) is 30.4 Å². The lowest BCUT2D eigenvalue weighted by Crippen LogP contribution is -2.49. The first-order chi connectivity index (χ1) is 15.5. The van der Waals surface area contributed by atoms with Gasteiger partial charge in [-0.05, 0) is 50.1 Å². The van der Waals surface area contributed by atoms with Crippen molar-refractivity contribution in [1.82, 2.24) is 0 Å². The van der Waals surface area contributed by atoms with Crippen LogP contribution < -0.4 is 25.6 Å². The number of rotatable bonds is 1. The lowest BCUT2D eigenvalue weighted by atomic mass is 9.97. The van der Waals surface area contributed by atoms with Crippen molar-refractivity contribution in [3.05, 3.63) is 96.1 Å². The average Bonchev–Trinajstić information content (AvgIpc) is 2.85. The Bertz CT molecular complexity index is 1410. The van der Waals surface area contributed by atoms with Crippen LogP contribution in [0.4, 0.5) is 11.4 Å². The van der Waals surface area contributed by atoms with Crippen LogP contribution >= 0.6 is 0 Å². The molecule has 4 aromatic rings. The van der Waals surface area contributed by atoms with E-state index >= 15 is 0 Å². The molecule has 4 aromatic carbocycles. The highest BCUT2D eigenvalue weighted by Gasteiger charge is 2.30. The number of para-hydroxylation sites is 1. The second kappa shape index (κ2) is 7.15. The Balaban J connectivity index is 1.45. The molecule has 0 unspecified atom stereocenters. The molecule has 0 bridgehead atoms. The maximum absolute atomic E-state index is 13.3. The molecular weight excluding hydrogens is 422 g/mol. The van der Waals surface area contributed by atoms with Gasteiger partial charge in [0.05, 0.1) is 0 Å². The number of carbonyl (C=O) groups is 1. The highest BCUT2D eigenvalue weighted by molar-refractivity contribution is 6.87. The molecule has 0 spiro atoms. The van der Waals surface area contributed by atoms with Crippen LogP contribution in [0.25, 0.3) is 11.1 Å². The summed E-state index contributed by atoms with van der Waals surface area (Å²) >= 11 is 0. The van der Waals surface area contributed by atoms with Gasteiger partial charge in [-0.15, -0.1) is 0 Å². The van der Waals surface area contributed by atoms with Crippen molar-refractivity contribution in [3.63, 3.8) is 0 Å². The van der Waals surface area contributed by atoms with Crippen molar-refractivity contribution >= 4 is 55.5 Å². The highest BCUT2D eigenvalue weighted by atomic mass is 28.3. The second-order valence-electron chi connectivity index (χ2n) is 8.69. The van der Waals surface area contributed by atoms with Crippen LogP contribution in [0.3, 0.4) is 0 Å². The maximum Gasteiger partial charge on any atom is 0.192 e. The number of fused-ring (bicyclic) bond motifs is 4. The zero-order valence-corrected chi connectivity index (χ0v) is 20.4. The van der Waals surface area contributed by atoms with Crippen molar-refractivity contribution in [2.75, 3.05) is 11.9 Å². The predicted octanol–water partition coefficient (Wildman–Crippen LogP) is 3.46. The molecule has 2 heterocycles. The second-order valence-corrected chi connectivity index (χ2v) is 13.3. The molecule has 32 heavy (non-hydrogen) atoms. The molecule has 0 N–H and O–H groups in total. The standard InChI is InChI=1S/C28H23NOSi2/c1-29-22-9-5-7-11-26(22)32(3)27-15-13-19(17-23(27)29)18-12-14-25-21(16-18)28(30)20-8-4-6-10-24(20)31(25)2/h4-17H,1-3H3. The third-order valence-corrected chi connectivity index (χ3v) is 12.0. The Morgan fingerprint density at radius 3 is 1.97 bits per heavy atom. The summed E-state index contributed by atoms with van der Waals surface area (Å²) in [6.45, 7) is 4.68. The number of hydrogen-bond donors (Lipinski definition) is 0. The van der Waals surface area contributed by atoms with Gasteiger partial charge in [-0.1, -0.05) is 79.8 Å². The van der Waals surface area contributed by atoms with E-state index in [4.69, 9.17) is 0 Å². The summed E-state index contributed by atoms with van der Waals surface area (Å²) in [5.41, 5.74) is 6.65. The topological polar surface area (TPSA) is 20.3 Å². The molecular formula is C28H23NOSi2. The van der Waals surface area contributed by atoms with E-state index in [2.05, 4.69) is 91.8 Å². The summed E-state index contributed by atoms with van der Waals surface area (Å²) in [7, 11) is 0.445. The molecule has 0 saturated carbocycles. The van der Waals surface area contributed by atoms with E-state index in [9.17, 15) is 4.79 Å². The van der Waals surface area contributed by atoms with Crippen molar-refractivity contribution in [1.29, 1.82) is 0 Å². The molecule has 0 atom stereocenters. The summed E-state index contributed by atoms with van der Waals surface area (Å²) in [4.78, 5) is 15.6. The molecule has 0 aliphatic carbocycles. The SMILES string of the molecule is CN1c2ccccc2[Si](C)c2ccc(-c3ccc4c(c3)C(=O)c3ccccc3[Si]4C)cc21. The van der Waals surface area contributed by atoms with E-state index < -0.39 is 17.6 Å². The molecule has 0 amide bonds. The molecule has 4 heteroatoms.